The molecule has 11 rings (SSSR count). The van der Waals surface area contributed by atoms with Gasteiger partial charge in [0, 0.05) is 43.6 Å². The van der Waals surface area contributed by atoms with E-state index in [2.05, 4.69) is 176 Å². The summed E-state index contributed by atoms with van der Waals surface area (Å²) in [5, 5.41) is 8.24. The van der Waals surface area contributed by atoms with E-state index in [4.69, 9.17) is 9.97 Å². The molecule has 1 aliphatic rings. The van der Waals surface area contributed by atoms with E-state index in [0.29, 0.717) is 0 Å². The fourth-order valence-electron chi connectivity index (χ4n) is 9.39. The number of nitrogens with zero attached hydrogens (tertiary/aromatic N) is 4. The predicted molar refractivity (Wildman–Crippen MR) is 226 cm³/mol. The molecule has 54 heavy (non-hydrogen) atoms. The molecule has 0 aliphatic heterocycles. The van der Waals surface area contributed by atoms with Crippen molar-refractivity contribution in [2.45, 2.75) is 51.4 Å². The Balaban J connectivity index is 1.27. The molecule has 3 aromatic heterocycles. The van der Waals surface area contributed by atoms with E-state index in [-0.39, 0.29) is 10.8 Å². The van der Waals surface area contributed by atoms with Crippen molar-refractivity contribution in [1.29, 1.82) is 0 Å². The third-order valence-corrected chi connectivity index (χ3v) is 12.4. The van der Waals surface area contributed by atoms with Crippen LogP contribution in [0.3, 0.4) is 0 Å². The maximum absolute atomic E-state index is 5.45. The number of fused-ring (bicyclic) bond motifs is 10. The Labute approximate surface area is 314 Å². The monoisotopic (exact) mass is 696 g/mol. The number of hydrogen-bond donors (Lipinski definition) is 0. The summed E-state index contributed by atoms with van der Waals surface area (Å²) in [7, 11) is 0. The molecule has 0 saturated heterocycles. The van der Waals surface area contributed by atoms with Gasteiger partial charge in [0.05, 0.1) is 27.6 Å². The first kappa shape index (κ1) is 31.3. The summed E-state index contributed by atoms with van der Waals surface area (Å²) in [5.41, 5.74) is 11.0. The van der Waals surface area contributed by atoms with Crippen LogP contribution in [0.15, 0.2) is 146 Å². The smallest absolute Gasteiger partial charge is 0.162 e. The molecule has 10 aromatic rings. The van der Waals surface area contributed by atoms with Crippen molar-refractivity contribution in [2.24, 2.45) is 0 Å². The van der Waals surface area contributed by atoms with Gasteiger partial charge in [-0.25, -0.2) is 9.97 Å². The second-order valence-electron chi connectivity index (χ2n) is 16.5. The van der Waals surface area contributed by atoms with Crippen LogP contribution in [-0.4, -0.2) is 19.1 Å². The Bertz CT molecular complexity index is 3160. The summed E-state index contributed by atoms with van der Waals surface area (Å²) >= 11 is 0. The highest BCUT2D eigenvalue weighted by Crippen LogP contribution is 2.47. The fraction of sp³-hybridized carbons (Fsp3) is 0.160. The SMILES string of the molecule is CC1(C)CCC(C)(C)c2cc(-n3c4ccccc4c4cc5c6ccccc6n(-c6nc(-c7ccccc7)nc7c6ccc6ccccc67)c5cc43)ccc21. The second-order valence-corrected chi connectivity index (χ2v) is 16.5. The lowest BCUT2D eigenvalue weighted by atomic mass is 9.63. The zero-order chi connectivity index (χ0) is 36.3. The van der Waals surface area contributed by atoms with E-state index in [1.807, 2.05) is 6.07 Å². The Morgan fingerprint density at radius 1 is 0.444 bits per heavy atom. The number of benzene rings is 7. The van der Waals surface area contributed by atoms with Gasteiger partial charge in [0.1, 0.15) is 5.82 Å². The van der Waals surface area contributed by atoms with E-state index >= 15 is 0 Å². The van der Waals surface area contributed by atoms with E-state index in [0.717, 1.165) is 44.5 Å². The predicted octanol–water partition coefficient (Wildman–Crippen LogP) is 13.0. The van der Waals surface area contributed by atoms with Crippen LogP contribution in [0.4, 0.5) is 0 Å². The molecule has 0 atom stereocenters. The van der Waals surface area contributed by atoms with E-state index in [1.165, 1.54) is 67.6 Å². The van der Waals surface area contributed by atoms with Gasteiger partial charge in [0.2, 0.25) is 0 Å². The summed E-state index contributed by atoms with van der Waals surface area (Å²) in [6, 6.07) is 53.0. The molecule has 3 heterocycles. The average molecular weight is 697 g/mol. The second kappa shape index (κ2) is 11.1. The van der Waals surface area contributed by atoms with Gasteiger partial charge in [-0.1, -0.05) is 131 Å². The first-order chi connectivity index (χ1) is 26.3. The molecule has 4 heteroatoms. The number of hydrogen-bond acceptors (Lipinski definition) is 2. The first-order valence-electron chi connectivity index (χ1n) is 19.1. The zero-order valence-corrected chi connectivity index (χ0v) is 31.1. The van der Waals surface area contributed by atoms with Crippen LogP contribution in [0, 0.1) is 0 Å². The average Bonchev–Trinajstić information content (AvgIpc) is 3.70. The highest BCUT2D eigenvalue weighted by atomic mass is 15.1. The van der Waals surface area contributed by atoms with Crippen molar-refractivity contribution in [3.63, 3.8) is 0 Å². The van der Waals surface area contributed by atoms with Gasteiger partial charge in [-0.2, -0.15) is 0 Å². The van der Waals surface area contributed by atoms with Crippen molar-refractivity contribution in [2.75, 3.05) is 0 Å². The summed E-state index contributed by atoms with van der Waals surface area (Å²) in [5.74, 6) is 1.60. The Morgan fingerprint density at radius 3 is 1.80 bits per heavy atom. The summed E-state index contributed by atoms with van der Waals surface area (Å²) in [6.45, 7) is 9.63. The molecule has 0 fully saturated rings. The normalized spacial score (nSPS) is 15.2. The molecule has 0 spiro atoms. The van der Waals surface area contributed by atoms with Crippen molar-refractivity contribution in [3.05, 3.63) is 157 Å². The van der Waals surface area contributed by atoms with Gasteiger partial charge >= 0.3 is 0 Å². The zero-order valence-electron chi connectivity index (χ0n) is 31.1. The molecule has 4 nitrogen and oxygen atoms in total. The third-order valence-electron chi connectivity index (χ3n) is 12.4. The quantitative estimate of drug-likeness (QED) is 0.172. The lowest BCUT2D eigenvalue weighted by molar-refractivity contribution is 0.332. The lowest BCUT2D eigenvalue weighted by Gasteiger charge is -2.42. The van der Waals surface area contributed by atoms with Crippen LogP contribution in [0.2, 0.25) is 0 Å². The number of aromatic nitrogens is 4. The van der Waals surface area contributed by atoms with Crippen LogP contribution >= 0.6 is 0 Å². The van der Waals surface area contributed by atoms with Crippen molar-refractivity contribution >= 4 is 65.3 Å². The highest BCUT2D eigenvalue weighted by molar-refractivity contribution is 6.20. The van der Waals surface area contributed by atoms with Crippen LogP contribution in [0.5, 0.6) is 0 Å². The third kappa shape index (κ3) is 4.43. The molecule has 0 bridgehead atoms. The summed E-state index contributed by atoms with van der Waals surface area (Å²) in [4.78, 5) is 10.7. The molecule has 0 N–H and O–H groups in total. The van der Waals surface area contributed by atoms with Gasteiger partial charge in [0.15, 0.2) is 5.82 Å². The molecular formula is C50H40N4. The van der Waals surface area contributed by atoms with Gasteiger partial charge in [-0.3, -0.25) is 4.57 Å². The van der Waals surface area contributed by atoms with Gasteiger partial charge in [-0.15, -0.1) is 0 Å². The number of para-hydroxylation sites is 2. The molecular weight excluding hydrogens is 657 g/mol. The molecule has 260 valence electrons. The first-order valence-corrected chi connectivity index (χ1v) is 19.1. The minimum absolute atomic E-state index is 0.105. The van der Waals surface area contributed by atoms with E-state index in [9.17, 15) is 0 Å². The number of rotatable bonds is 3. The maximum Gasteiger partial charge on any atom is 0.162 e. The molecule has 1 aliphatic carbocycles. The van der Waals surface area contributed by atoms with E-state index < -0.39 is 0 Å². The van der Waals surface area contributed by atoms with Crippen LogP contribution in [0.1, 0.15) is 51.7 Å². The Hall–Kier alpha value is -6.26. The van der Waals surface area contributed by atoms with Crippen molar-refractivity contribution < 1.29 is 0 Å². The van der Waals surface area contributed by atoms with Gasteiger partial charge < -0.3 is 4.57 Å². The van der Waals surface area contributed by atoms with Crippen LogP contribution < -0.4 is 0 Å². The van der Waals surface area contributed by atoms with Crippen LogP contribution in [0.25, 0.3) is 88.2 Å². The molecule has 7 aromatic carbocycles. The Kier molecular flexibility index (Phi) is 6.45. The fourth-order valence-corrected chi connectivity index (χ4v) is 9.39. The molecule has 0 saturated carbocycles. The van der Waals surface area contributed by atoms with E-state index in [1.54, 1.807) is 0 Å². The topological polar surface area (TPSA) is 35.6 Å². The Morgan fingerprint density at radius 2 is 1.06 bits per heavy atom. The highest BCUT2D eigenvalue weighted by Gasteiger charge is 2.37. The van der Waals surface area contributed by atoms with Crippen LogP contribution in [-0.2, 0) is 10.8 Å². The standard InChI is InChI=1S/C50H40N4/c1-49(2)26-27-50(3,4)41-28-33(23-25-40(41)49)53-42-20-12-10-18-35(42)38-29-39-36-19-11-13-21-43(36)54(45(39)30-44(38)53)48-37-24-22-31-14-8-9-17-34(31)46(37)51-47(52-48)32-15-6-5-7-16-32/h5-25,28-30H,26-27H2,1-4H3. The molecule has 0 unspecified atom stereocenters. The minimum Gasteiger partial charge on any atom is -0.309 e. The molecule has 0 amide bonds. The van der Waals surface area contributed by atoms with Crippen molar-refractivity contribution in [1.82, 2.24) is 19.1 Å². The van der Waals surface area contributed by atoms with Gasteiger partial charge in [0.25, 0.3) is 0 Å². The minimum atomic E-state index is 0.105. The maximum atomic E-state index is 5.45. The van der Waals surface area contributed by atoms with Gasteiger partial charge in [-0.05, 0) is 82.6 Å². The molecule has 0 radical (unpaired) electrons. The lowest BCUT2D eigenvalue weighted by Crippen LogP contribution is -2.33. The van der Waals surface area contributed by atoms with Crippen molar-refractivity contribution in [3.8, 4) is 22.9 Å². The summed E-state index contributed by atoms with van der Waals surface area (Å²) < 4.78 is 4.88. The summed E-state index contributed by atoms with van der Waals surface area (Å²) in [6.07, 6.45) is 2.38. The largest absolute Gasteiger partial charge is 0.309 e.